The van der Waals surface area contributed by atoms with Crippen LogP contribution >= 0.6 is 0 Å². The molecule has 5 rings (SSSR count). The lowest BCUT2D eigenvalue weighted by Gasteiger charge is -2.34. The van der Waals surface area contributed by atoms with E-state index in [2.05, 4.69) is 4.98 Å². The lowest BCUT2D eigenvalue weighted by molar-refractivity contribution is 0.0254. The van der Waals surface area contributed by atoms with Gasteiger partial charge in [-0.25, -0.2) is 22.5 Å². The third-order valence-corrected chi connectivity index (χ3v) is 7.47. The molecule has 2 aromatic heterocycles. The fraction of sp³-hybridized carbons (Fsp3) is 0.407. The molecule has 8 nitrogen and oxygen atoms in total. The molecule has 2 aliphatic rings. The van der Waals surface area contributed by atoms with Gasteiger partial charge in [-0.1, -0.05) is 0 Å². The molecule has 198 valence electrons. The van der Waals surface area contributed by atoms with Crippen molar-refractivity contribution < 1.29 is 17.9 Å². The van der Waals surface area contributed by atoms with E-state index in [4.69, 9.17) is 4.74 Å². The first kappa shape index (κ1) is 25.7. The summed E-state index contributed by atoms with van der Waals surface area (Å²) in [4.78, 5) is 33.7. The van der Waals surface area contributed by atoms with Gasteiger partial charge in [-0.3, -0.25) is 14.3 Å². The Morgan fingerprint density at radius 1 is 1.08 bits per heavy atom. The standard InChI is InChI=1S/C27H26F3N5O3/c1-17-10-19(15-32-14-17)35-25(36)20(11-18-12-21(28)23(30)22(29)13-18)24(34(7-5-31)26(35)37)33-6-2-27(16-33)3-8-38-9-4-27/h10,12-15H,2-4,6-9,11,16H2,1H3. The van der Waals surface area contributed by atoms with E-state index in [-0.39, 0.29) is 41.0 Å². The van der Waals surface area contributed by atoms with Gasteiger partial charge in [0.1, 0.15) is 12.4 Å². The Labute approximate surface area is 216 Å². The van der Waals surface area contributed by atoms with Gasteiger partial charge in [-0.2, -0.15) is 5.26 Å². The second-order valence-electron chi connectivity index (χ2n) is 10.0. The highest BCUT2D eigenvalue weighted by Gasteiger charge is 2.41. The van der Waals surface area contributed by atoms with Crippen molar-refractivity contribution in [3.05, 3.63) is 85.6 Å². The number of pyridine rings is 1. The molecule has 0 radical (unpaired) electrons. The molecule has 0 unspecified atom stereocenters. The maximum absolute atomic E-state index is 14.1. The largest absolute Gasteiger partial charge is 0.381 e. The van der Waals surface area contributed by atoms with Gasteiger partial charge in [0.2, 0.25) is 0 Å². The topological polar surface area (TPSA) is 93.2 Å². The van der Waals surface area contributed by atoms with Crippen LogP contribution in [0.3, 0.4) is 0 Å². The van der Waals surface area contributed by atoms with Gasteiger partial charge in [0.25, 0.3) is 5.56 Å². The number of nitrogens with zero attached hydrogens (tertiary/aromatic N) is 5. The minimum Gasteiger partial charge on any atom is -0.381 e. The van der Waals surface area contributed by atoms with Crippen molar-refractivity contribution in [1.29, 1.82) is 5.26 Å². The molecule has 38 heavy (non-hydrogen) atoms. The quantitative estimate of drug-likeness (QED) is 0.475. The summed E-state index contributed by atoms with van der Waals surface area (Å²) in [5, 5.41) is 9.63. The molecule has 1 aromatic carbocycles. The van der Waals surface area contributed by atoms with Gasteiger partial charge in [0.15, 0.2) is 17.5 Å². The zero-order valence-electron chi connectivity index (χ0n) is 20.8. The van der Waals surface area contributed by atoms with Gasteiger partial charge in [-0.15, -0.1) is 0 Å². The van der Waals surface area contributed by atoms with Gasteiger partial charge in [0, 0.05) is 38.9 Å². The van der Waals surface area contributed by atoms with Crippen molar-refractivity contribution in [3.63, 3.8) is 0 Å². The van der Waals surface area contributed by atoms with Crippen LogP contribution in [0.1, 0.15) is 36.0 Å². The maximum Gasteiger partial charge on any atom is 0.338 e. The smallest absolute Gasteiger partial charge is 0.338 e. The maximum atomic E-state index is 14.1. The minimum atomic E-state index is -1.60. The van der Waals surface area contributed by atoms with E-state index in [1.54, 1.807) is 19.2 Å². The van der Waals surface area contributed by atoms with Crippen LogP contribution in [-0.4, -0.2) is 40.4 Å². The Morgan fingerprint density at radius 3 is 2.45 bits per heavy atom. The minimum absolute atomic E-state index is 0.0239. The van der Waals surface area contributed by atoms with Crippen molar-refractivity contribution in [2.24, 2.45) is 5.41 Å². The van der Waals surface area contributed by atoms with Crippen molar-refractivity contribution >= 4 is 5.82 Å². The lowest BCUT2D eigenvalue weighted by atomic mass is 9.80. The molecule has 0 saturated carbocycles. The van der Waals surface area contributed by atoms with Crippen LogP contribution in [0.15, 0.2) is 40.2 Å². The summed E-state index contributed by atoms with van der Waals surface area (Å²) in [5.74, 6) is -4.12. The van der Waals surface area contributed by atoms with Crippen LogP contribution in [0.2, 0.25) is 0 Å². The van der Waals surface area contributed by atoms with Crippen LogP contribution in [0.4, 0.5) is 19.0 Å². The van der Waals surface area contributed by atoms with E-state index in [9.17, 15) is 28.0 Å². The molecule has 2 aliphatic heterocycles. The summed E-state index contributed by atoms with van der Waals surface area (Å²) in [6.07, 6.45) is 5.10. The number of ether oxygens (including phenoxy) is 1. The first-order chi connectivity index (χ1) is 18.2. The van der Waals surface area contributed by atoms with Gasteiger partial charge < -0.3 is 9.64 Å². The Hall–Kier alpha value is -3.91. The second-order valence-corrected chi connectivity index (χ2v) is 10.0. The van der Waals surface area contributed by atoms with E-state index in [0.717, 1.165) is 36.0 Å². The molecule has 0 amide bonds. The second kappa shape index (κ2) is 10.1. The van der Waals surface area contributed by atoms with Gasteiger partial charge in [0.05, 0.1) is 23.5 Å². The summed E-state index contributed by atoms with van der Waals surface area (Å²) >= 11 is 0. The average Bonchev–Trinajstić information content (AvgIpc) is 3.28. The van der Waals surface area contributed by atoms with Crippen LogP contribution in [0.5, 0.6) is 0 Å². The summed E-state index contributed by atoms with van der Waals surface area (Å²) < 4.78 is 49.6. The Bertz CT molecular complexity index is 1530. The molecule has 0 bridgehead atoms. The predicted molar refractivity (Wildman–Crippen MR) is 133 cm³/mol. The molecular formula is C27H26F3N5O3. The van der Waals surface area contributed by atoms with Crippen molar-refractivity contribution in [3.8, 4) is 11.8 Å². The van der Waals surface area contributed by atoms with Crippen LogP contribution in [0.25, 0.3) is 5.69 Å². The first-order valence-electron chi connectivity index (χ1n) is 12.4. The lowest BCUT2D eigenvalue weighted by Crippen LogP contribution is -2.45. The third-order valence-electron chi connectivity index (χ3n) is 7.47. The molecule has 0 aliphatic carbocycles. The summed E-state index contributed by atoms with van der Waals surface area (Å²) in [6.45, 7) is 3.70. The molecule has 3 aromatic rings. The number of rotatable bonds is 5. The molecule has 2 saturated heterocycles. The number of aryl methyl sites for hydroxylation is 1. The van der Waals surface area contributed by atoms with E-state index in [1.165, 1.54) is 10.8 Å². The zero-order chi connectivity index (χ0) is 27.0. The summed E-state index contributed by atoms with van der Waals surface area (Å²) in [6, 6.07) is 5.29. The number of hydrogen-bond donors (Lipinski definition) is 0. The number of anilines is 1. The monoisotopic (exact) mass is 525 g/mol. The van der Waals surface area contributed by atoms with E-state index >= 15 is 0 Å². The highest BCUT2D eigenvalue weighted by Crippen LogP contribution is 2.41. The SMILES string of the molecule is Cc1cncc(-n2c(=O)c(Cc3cc(F)c(F)c(F)c3)c(N3CCC4(CCOCC4)C3)n(CC#N)c2=O)c1. The predicted octanol–water partition coefficient (Wildman–Crippen LogP) is 3.24. The zero-order valence-corrected chi connectivity index (χ0v) is 20.8. The molecular weight excluding hydrogens is 499 g/mol. The Balaban J connectivity index is 1.74. The van der Waals surface area contributed by atoms with Gasteiger partial charge in [-0.05, 0) is 60.9 Å². The third kappa shape index (κ3) is 4.60. The van der Waals surface area contributed by atoms with E-state index in [0.29, 0.717) is 31.9 Å². The number of benzene rings is 1. The molecule has 0 N–H and O–H groups in total. The first-order valence-corrected chi connectivity index (χ1v) is 12.4. The molecule has 4 heterocycles. The number of aromatic nitrogens is 3. The van der Waals surface area contributed by atoms with Crippen LogP contribution in [-0.2, 0) is 17.7 Å². The highest BCUT2D eigenvalue weighted by atomic mass is 19.2. The average molecular weight is 526 g/mol. The highest BCUT2D eigenvalue weighted by molar-refractivity contribution is 5.52. The number of halogens is 3. The van der Waals surface area contributed by atoms with Crippen LogP contribution in [0, 0.1) is 41.1 Å². The van der Waals surface area contributed by atoms with Crippen molar-refractivity contribution in [2.45, 2.75) is 39.2 Å². The number of nitriles is 1. The Morgan fingerprint density at radius 2 is 1.79 bits per heavy atom. The normalized spacial score (nSPS) is 16.7. The van der Waals surface area contributed by atoms with Crippen molar-refractivity contribution in [2.75, 3.05) is 31.2 Å². The summed E-state index contributed by atoms with van der Waals surface area (Å²) in [5.41, 5.74) is -0.455. The van der Waals surface area contributed by atoms with Gasteiger partial charge >= 0.3 is 5.69 Å². The number of hydrogen-bond acceptors (Lipinski definition) is 6. The molecule has 0 atom stereocenters. The molecule has 2 fully saturated rings. The fourth-order valence-electron chi connectivity index (χ4n) is 5.55. The van der Waals surface area contributed by atoms with E-state index in [1.807, 2.05) is 11.0 Å². The van der Waals surface area contributed by atoms with E-state index < -0.39 is 28.7 Å². The van der Waals surface area contributed by atoms with Crippen LogP contribution < -0.4 is 16.1 Å². The molecule has 11 heteroatoms. The fourth-order valence-corrected chi connectivity index (χ4v) is 5.55. The summed E-state index contributed by atoms with van der Waals surface area (Å²) in [7, 11) is 0. The molecule has 1 spiro atoms. The van der Waals surface area contributed by atoms with Crippen molar-refractivity contribution in [1.82, 2.24) is 14.1 Å². The Kier molecular flexibility index (Phi) is 6.84.